The van der Waals surface area contributed by atoms with Crippen molar-refractivity contribution >= 4 is 5.95 Å². The molecule has 2 N–H and O–H groups in total. The zero-order valence-electron chi connectivity index (χ0n) is 12.5. The van der Waals surface area contributed by atoms with Crippen molar-refractivity contribution in [1.82, 2.24) is 20.2 Å². The second-order valence-electron chi connectivity index (χ2n) is 5.04. The monoisotopic (exact) mass is 279 g/mol. The molecule has 1 saturated heterocycles. The van der Waals surface area contributed by atoms with Crippen LogP contribution in [0, 0.1) is 6.92 Å². The third-order valence-corrected chi connectivity index (χ3v) is 3.21. The van der Waals surface area contributed by atoms with Gasteiger partial charge in [0.25, 0.3) is 0 Å². The summed E-state index contributed by atoms with van der Waals surface area (Å²) in [6.45, 7) is 11.0. The summed E-state index contributed by atoms with van der Waals surface area (Å²) in [5.41, 5.74) is 0.927. The maximum absolute atomic E-state index is 5.56. The van der Waals surface area contributed by atoms with Crippen LogP contribution >= 0.6 is 0 Å². The molecule has 6 heteroatoms. The average Bonchev–Trinajstić information content (AvgIpc) is 2.46. The van der Waals surface area contributed by atoms with Gasteiger partial charge in [0.05, 0.1) is 6.61 Å². The average molecular weight is 279 g/mol. The van der Waals surface area contributed by atoms with E-state index in [0.29, 0.717) is 18.4 Å². The fourth-order valence-electron chi connectivity index (χ4n) is 2.16. The first-order valence-corrected chi connectivity index (χ1v) is 7.43. The lowest BCUT2D eigenvalue weighted by Crippen LogP contribution is -2.45. The summed E-state index contributed by atoms with van der Waals surface area (Å²) in [4.78, 5) is 11.2. The minimum absolute atomic E-state index is 0.657. The molecule has 6 nitrogen and oxygen atoms in total. The van der Waals surface area contributed by atoms with Gasteiger partial charge >= 0.3 is 0 Å². The lowest BCUT2D eigenvalue weighted by atomic mass is 10.3. The number of piperazine rings is 1. The highest BCUT2D eigenvalue weighted by atomic mass is 16.5. The highest BCUT2D eigenvalue weighted by molar-refractivity contribution is 5.30. The molecule has 1 aromatic rings. The van der Waals surface area contributed by atoms with Gasteiger partial charge in [-0.1, -0.05) is 6.92 Å². The Kier molecular flexibility index (Phi) is 6.01. The Balaban J connectivity index is 1.80. The Labute approximate surface area is 120 Å². The second kappa shape index (κ2) is 8.01. The molecule has 0 amide bonds. The minimum Gasteiger partial charge on any atom is -0.478 e. The molecule has 112 valence electrons. The predicted octanol–water partition coefficient (Wildman–Crippen LogP) is 0.891. The first-order chi connectivity index (χ1) is 9.78. The van der Waals surface area contributed by atoms with Gasteiger partial charge in [0.2, 0.25) is 11.8 Å². The fourth-order valence-corrected chi connectivity index (χ4v) is 2.16. The van der Waals surface area contributed by atoms with Crippen LogP contribution in [0.2, 0.25) is 0 Å². The molecule has 2 heterocycles. The van der Waals surface area contributed by atoms with E-state index in [0.717, 1.165) is 51.4 Å². The van der Waals surface area contributed by atoms with Crippen LogP contribution in [-0.4, -0.2) is 60.7 Å². The van der Waals surface area contributed by atoms with Gasteiger partial charge in [-0.05, 0) is 13.3 Å². The third-order valence-electron chi connectivity index (χ3n) is 3.21. The number of anilines is 1. The smallest absolute Gasteiger partial charge is 0.226 e. The van der Waals surface area contributed by atoms with Crippen LogP contribution in [-0.2, 0) is 0 Å². The van der Waals surface area contributed by atoms with Crippen LogP contribution in [0.5, 0.6) is 5.88 Å². The van der Waals surface area contributed by atoms with Crippen molar-refractivity contribution in [3.8, 4) is 5.88 Å². The Morgan fingerprint density at radius 1 is 1.35 bits per heavy atom. The zero-order chi connectivity index (χ0) is 14.2. The number of nitrogens with one attached hydrogen (secondary N) is 2. The molecule has 20 heavy (non-hydrogen) atoms. The van der Waals surface area contributed by atoms with E-state index in [4.69, 9.17) is 4.74 Å². The molecule has 0 radical (unpaired) electrons. The highest BCUT2D eigenvalue weighted by Gasteiger charge is 2.09. The van der Waals surface area contributed by atoms with Crippen LogP contribution in [0.3, 0.4) is 0 Å². The van der Waals surface area contributed by atoms with Crippen LogP contribution in [0.1, 0.15) is 19.0 Å². The normalized spacial score (nSPS) is 16.1. The van der Waals surface area contributed by atoms with Crippen LogP contribution in [0.15, 0.2) is 6.07 Å². The van der Waals surface area contributed by atoms with E-state index >= 15 is 0 Å². The molecule has 0 unspecified atom stereocenters. The maximum Gasteiger partial charge on any atom is 0.226 e. The molecule has 1 aliphatic rings. The zero-order valence-corrected chi connectivity index (χ0v) is 12.5. The summed E-state index contributed by atoms with van der Waals surface area (Å²) in [5, 5.41) is 6.64. The number of hydrogen-bond donors (Lipinski definition) is 2. The Hall–Kier alpha value is -1.40. The molecular formula is C14H25N5O. The molecule has 0 bridgehead atoms. The minimum atomic E-state index is 0.657. The topological polar surface area (TPSA) is 62.3 Å². The summed E-state index contributed by atoms with van der Waals surface area (Å²) in [6, 6.07) is 1.87. The van der Waals surface area contributed by atoms with Crippen LogP contribution in [0.25, 0.3) is 0 Å². The summed E-state index contributed by atoms with van der Waals surface area (Å²) in [6.07, 6.45) is 0.981. The third kappa shape index (κ3) is 4.94. The van der Waals surface area contributed by atoms with Crippen molar-refractivity contribution < 1.29 is 4.74 Å². The van der Waals surface area contributed by atoms with Gasteiger partial charge < -0.3 is 15.4 Å². The largest absolute Gasteiger partial charge is 0.478 e. The maximum atomic E-state index is 5.56. The standard InChI is InChI=1S/C14H25N5O/c1-3-10-20-13-11-12(2)17-14(18-13)16-6-9-19-7-4-15-5-8-19/h11,15H,3-10H2,1-2H3,(H,16,17,18). The van der Waals surface area contributed by atoms with Gasteiger partial charge in [-0.25, -0.2) is 4.98 Å². The molecule has 1 aromatic heterocycles. The summed E-state index contributed by atoms with van der Waals surface area (Å²) in [5.74, 6) is 1.32. The van der Waals surface area contributed by atoms with Crippen molar-refractivity contribution in [3.63, 3.8) is 0 Å². The van der Waals surface area contributed by atoms with Gasteiger partial charge in [0.1, 0.15) is 0 Å². The van der Waals surface area contributed by atoms with Gasteiger partial charge in [-0.2, -0.15) is 4.98 Å². The number of rotatable bonds is 7. The van der Waals surface area contributed by atoms with Gasteiger partial charge in [-0.15, -0.1) is 0 Å². The molecule has 0 atom stereocenters. The van der Waals surface area contributed by atoms with Crippen molar-refractivity contribution in [1.29, 1.82) is 0 Å². The van der Waals surface area contributed by atoms with Crippen molar-refractivity contribution in [2.24, 2.45) is 0 Å². The van der Waals surface area contributed by atoms with Gasteiger partial charge in [-0.3, -0.25) is 4.90 Å². The van der Waals surface area contributed by atoms with E-state index in [1.54, 1.807) is 0 Å². The van der Waals surface area contributed by atoms with E-state index in [2.05, 4.69) is 32.4 Å². The Morgan fingerprint density at radius 3 is 2.90 bits per heavy atom. The quantitative estimate of drug-likeness (QED) is 0.773. The summed E-state index contributed by atoms with van der Waals surface area (Å²) >= 11 is 0. The molecule has 2 rings (SSSR count). The summed E-state index contributed by atoms with van der Waals surface area (Å²) in [7, 11) is 0. The van der Waals surface area contributed by atoms with E-state index in [1.807, 2.05) is 13.0 Å². The van der Waals surface area contributed by atoms with Gasteiger partial charge in [0.15, 0.2) is 0 Å². The molecule has 1 aliphatic heterocycles. The highest BCUT2D eigenvalue weighted by Crippen LogP contribution is 2.12. The van der Waals surface area contributed by atoms with Crippen molar-refractivity contribution in [2.45, 2.75) is 20.3 Å². The second-order valence-corrected chi connectivity index (χ2v) is 5.04. The number of ether oxygens (including phenoxy) is 1. The predicted molar refractivity (Wildman–Crippen MR) is 80.4 cm³/mol. The van der Waals surface area contributed by atoms with Crippen LogP contribution < -0.4 is 15.4 Å². The fraction of sp³-hybridized carbons (Fsp3) is 0.714. The first kappa shape index (κ1) is 15.0. The SMILES string of the molecule is CCCOc1cc(C)nc(NCCN2CCNCC2)n1. The molecule has 0 aliphatic carbocycles. The lowest BCUT2D eigenvalue weighted by molar-refractivity contribution is 0.249. The Morgan fingerprint density at radius 2 is 2.15 bits per heavy atom. The molecule has 0 saturated carbocycles. The molecular weight excluding hydrogens is 254 g/mol. The van der Waals surface area contributed by atoms with E-state index in [9.17, 15) is 0 Å². The van der Waals surface area contributed by atoms with Crippen LogP contribution in [0.4, 0.5) is 5.95 Å². The van der Waals surface area contributed by atoms with E-state index in [1.165, 1.54) is 0 Å². The number of hydrogen-bond acceptors (Lipinski definition) is 6. The van der Waals surface area contributed by atoms with Gasteiger partial charge in [0, 0.05) is 51.0 Å². The van der Waals surface area contributed by atoms with E-state index < -0.39 is 0 Å². The summed E-state index contributed by atoms with van der Waals surface area (Å²) < 4.78 is 5.56. The first-order valence-electron chi connectivity index (χ1n) is 7.43. The lowest BCUT2D eigenvalue weighted by Gasteiger charge is -2.27. The van der Waals surface area contributed by atoms with Crippen molar-refractivity contribution in [2.75, 3.05) is 51.2 Å². The van der Waals surface area contributed by atoms with E-state index in [-0.39, 0.29) is 0 Å². The Bertz CT molecular complexity index is 407. The molecule has 0 aromatic carbocycles. The number of aryl methyl sites for hydroxylation is 1. The molecule has 0 spiro atoms. The molecule has 1 fully saturated rings. The van der Waals surface area contributed by atoms with Crippen molar-refractivity contribution in [3.05, 3.63) is 11.8 Å². The number of nitrogens with zero attached hydrogens (tertiary/aromatic N) is 3. The number of aromatic nitrogens is 2.